The Balaban J connectivity index is 2.59. The molecule has 0 aliphatic carbocycles. The van der Waals surface area contributed by atoms with E-state index in [4.69, 9.17) is 5.14 Å². The van der Waals surface area contributed by atoms with Gasteiger partial charge in [-0.25, -0.2) is 22.6 Å². The molecule has 0 aromatic carbocycles. The van der Waals surface area contributed by atoms with Crippen molar-refractivity contribution in [1.82, 2.24) is 9.03 Å². The Kier molecular flexibility index (Phi) is 5.75. The highest BCUT2D eigenvalue weighted by Gasteiger charge is 2.29. The molecule has 1 unspecified atom stereocenters. The maximum absolute atomic E-state index is 12.1. The number of nitrogens with one attached hydrogen (secondary N) is 1. The zero-order chi connectivity index (χ0) is 14.7. The summed E-state index contributed by atoms with van der Waals surface area (Å²) in [5.41, 5.74) is 0. The van der Waals surface area contributed by atoms with Crippen LogP contribution in [0.5, 0.6) is 0 Å². The number of piperidine rings is 1. The summed E-state index contributed by atoms with van der Waals surface area (Å²) in [5, 5.41) is 4.87. The van der Waals surface area contributed by atoms with Gasteiger partial charge >= 0.3 is 0 Å². The third-order valence-corrected chi connectivity index (χ3v) is 5.77. The largest absolute Gasteiger partial charge is 0.274 e. The Labute approximate surface area is 115 Å². The second kappa shape index (κ2) is 6.49. The zero-order valence-corrected chi connectivity index (χ0v) is 13.0. The van der Waals surface area contributed by atoms with E-state index in [1.807, 2.05) is 13.8 Å². The van der Waals surface area contributed by atoms with Gasteiger partial charge in [0.1, 0.15) is 0 Å². The third-order valence-electron chi connectivity index (χ3n) is 2.99. The van der Waals surface area contributed by atoms with E-state index in [-0.39, 0.29) is 24.1 Å². The van der Waals surface area contributed by atoms with Crippen molar-refractivity contribution >= 4 is 20.2 Å². The van der Waals surface area contributed by atoms with Gasteiger partial charge in [-0.1, -0.05) is 13.8 Å². The van der Waals surface area contributed by atoms with Crippen molar-refractivity contribution < 1.29 is 16.8 Å². The maximum Gasteiger partial charge on any atom is 0.274 e. The smallest absolute Gasteiger partial charge is 0.216 e. The Hall–Kier alpha value is -0.220. The summed E-state index contributed by atoms with van der Waals surface area (Å²) >= 11 is 0. The third kappa shape index (κ3) is 6.17. The summed E-state index contributed by atoms with van der Waals surface area (Å²) < 4.78 is 49.6. The molecule has 3 N–H and O–H groups in total. The fourth-order valence-electron chi connectivity index (χ4n) is 2.21. The standard InChI is InChI=1S/C10H23N3O4S2/c1-9(2)8-18(14,15)13-5-3-4-10(7-13)6-12-19(11,16)17/h9-10,12H,3-8H2,1-2H3,(H2,11,16,17). The number of nitrogens with two attached hydrogens (primary N) is 1. The van der Waals surface area contributed by atoms with E-state index < -0.39 is 20.2 Å². The van der Waals surface area contributed by atoms with Crippen LogP contribution in [0.2, 0.25) is 0 Å². The minimum absolute atomic E-state index is 0.0194. The van der Waals surface area contributed by atoms with E-state index in [0.717, 1.165) is 12.8 Å². The maximum atomic E-state index is 12.1. The first-order valence-electron chi connectivity index (χ1n) is 6.35. The predicted octanol–water partition coefficient (Wildman–Crippen LogP) is -0.523. The van der Waals surface area contributed by atoms with Crippen LogP contribution in [-0.2, 0) is 20.2 Å². The van der Waals surface area contributed by atoms with Gasteiger partial charge in [-0.15, -0.1) is 0 Å². The molecule has 1 rings (SSSR count). The van der Waals surface area contributed by atoms with Gasteiger partial charge in [-0.2, -0.15) is 8.42 Å². The second-order valence-electron chi connectivity index (χ2n) is 5.43. The fraction of sp³-hybridized carbons (Fsp3) is 1.00. The topological polar surface area (TPSA) is 110 Å². The van der Waals surface area contributed by atoms with E-state index in [9.17, 15) is 16.8 Å². The fourth-order valence-corrected chi connectivity index (χ4v) is 4.57. The Morgan fingerprint density at radius 3 is 2.47 bits per heavy atom. The van der Waals surface area contributed by atoms with Crippen molar-refractivity contribution in [3.8, 4) is 0 Å². The van der Waals surface area contributed by atoms with Gasteiger partial charge in [-0.3, -0.25) is 0 Å². The van der Waals surface area contributed by atoms with Crippen molar-refractivity contribution in [2.24, 2.45) is 17.0 Å². The molecule has 0 aromatic heterocycles. The van der Waals surface area contributed by atoms with Crippen LogP contribution >= 0.6 is 0 Å². The van der Waals surface area contributed by atoms with Crippen LogP contribution in [0, 0.1) is 11.8 Å². The molecule has 0 amide bonds. The molecule has 0 radical (unpaired) electrons. The molecule has 1 heterocycles. The van der Waals surface area contributed by atoms with Crippen LogP contribution < -0.4 is 9.86 Å². The summed E-state index contributed by atoms with van der Waals surface area (Å²) in [5.74, 6) is 0.185. The lowest BCUT2D eigenvalue weighted by Crippen LogP contribution is -2.45. The molecule has 0 aromatic rings. The summed E-state index contributed by atoms with van der Waals surface area (Å²) in [4.78, 5) is 0. The number of nitrogens with zero attached hydrogens (tertiary/aromatic N) is 1. The molecule has 1 fully saturated rings. The highest BCUT2D eigenvalue weighted by molar-refractivity contribution is 7.89. The Morgan fingerprint density at radius 2 is 1.95 bits per heavy atom. The lowest BCUT2D eigenvalue weighted by Gasteiger charge is -2.32. The molecule has 114 valence electrons. The van der Waals surface area contributed by atoms with Crippen molar-refractivity contribution in [3.63, 3.8) is 0 Å². The second-order valence-corrected chi connectivity index (χ2v) is 8.82. The van der Waals surface area contributed by atoms with E-state index >= 15 is 0 Å². The van der Waals surface area contributed by atoms with E-state index in [1.54, 1.807) is 0 Å². The molecule has 0 saturated carbocycles. The first-order chi connectivity index (χ1) is 8.60. The monoisotopic (exact) mass is 313 g/mol. The van der Waals surface area contributed by atoms with Gasteiger partial charge in [-0.05, 0) is 24.7 Å². The van der Waals surface area contributed by atoms with Gasteiger partial charge in [0.25, 0.3) is 10.2 Å². The molecule has 1 saturated heterocycles. The van der Waals surface area contributed by atoms with E-state index in [2.05, 4.69) is 4.72 Å². The molecule has 19 heavy (non-hydrogen) atoms. The molecule has 1 aliphatic heterocycles. The summed E-state index contributed by atoms with van der Waals surface area (Å²) in [6.45, 7) is 4.79. The van der Waals surface area contributed by atoms with Gasteiger partial charge in [0.15, 0.2) is 0 Å². The van der Waals surface area contributed by atoms with Gasteiger partial charge < -0.3 is 0 Å². The molecule has 1 aliphatic rings. The van der Waals surface area contributed by atoms with Crippen LogP contribution in [0.15, 0.2) is 0 Å². The number of hydrogen-bond donors (Lipinski definition) is 2. The minimum Gasteiger partial charge on any atom is -0.216 e. The molecule has 7 nitrogen and oxygen atoms in total. The molecule has 1 atom stereocenters. The van der Waals surface area contributed by atoms with Gasteiger partial charge in [0.05, 0.1) is 5.75 Å². The highest BCUT2D eigenvalue weighted by atomic mass is 32.2. The quantitative estimate of drug-likeness (QED) is 0.687. The van der Waals surface area contributed by atoms with Crippen molar-refractivity contribution in [2.45, 2.75) is 26.7 Å². The number of hydrogen-bond acceptors (Lipinski definition) is 4. The first-order valence-corrected chi connectivity index (χ1v) is 9.51. The Bertz CT molecular complexity index is 487. The average Bonchev–Trinajstić information content (AvgIpc) is 2.24. The molecule has 9 heteroatoms. The van der Waals surface area contributed by atoms with Gasteiger partial charge in [0, 0.05) is 19.6 Å². The summed E-state index contributed by atoms with van der Waals surface area (Å²) in [6.07, 6.45) is 1.55. The van der Waals surface area contributed by atoms with Crippen molar-refractivity contribution in [2.75, 3.05) is 25.4 Å². The molecule has 0 spiro atoms. The minimum atomic E-state index is -3.71. The molecule has 0 bridgehead atoms. The van der Waals surface area contributed by atoms with Crippen molar-refractivity contribution in [3.05, 3.63) is 0 Å². The van der Waals surface area contributed by atoms with E-state index in [0.29, 0.717) is 13.1 Å². The van der Waals surface area contributed by atoms with Gasteiger partial charge in [0.2, 0.25) is 10.0 Å². The average molecular weight is 313 g/mol. The van der Waals surface area contributed by atoms with Crippen molar-refractivity contribution in [1.29, 1.82) is 0 Å². The van der Waals surface area contributed by atoms with Crippen LogP contribution in [0.4, 0.5) is 0 Å². The van der Waals surface area contributed by atoms with Crippen LogP contribution in [0.25, 0.3) is 0 Å². The lowest BCUT2D eigenvalue weighted by molar-refractivity contribution is 0.266. The lowest BCUT2D eigenvalue weighted by atomic mass is 10.0. The molecular formula is C10H23N3O4S2. The molecular weight excluding hydrogens is 290 g/mol. The number of sulfonamides is 1. The van der Waals surface area contributed by atoms with E-state index in [1.165, 1.54) is 4.31 Å². The SMILES string of the molecule is CC(C)CS(=O)(=O)N1CCCC(CNS(N)(=O)=O)C1. The normalized spacial score (nSPS) is 22.8. The zero-order valence-electron chi connectivity index (χ0n) is 11.4. The van der Waals surface area contributed by atoms with Crippen LogP contribution in [0.3, 0.4) is 0 Å². The van der Waals surface area contributed by atoms with Crippen LogP contribution in [0.1, 0.15) is 26.7 Å². The predicted molar refractivity (Wildman–Crippen MR) is 74.0 cm³/mol. The Morgan fingerprint density at radius 1 is 1.32 bits per heavy atom. The number of rotatable bonds is 6. The first kappa shape index (κ1) is 16.8. The van der Waals surface area contributed by atoms with Crippen LogP contribution in [-0.4, -0.2) is 46.5 Å². The summed E-state index contributed by atoms with van der Waals surface area (Å²) in [7, 11) is -6.96. The summed E-state index contributed by atoms with van der Waals surface area (Å²) in [6, 6.07) is 0. The highest BCUT2D eigenvalue weighted by Crippen LogP contribution is 2.20.